The van der Waals surface area contributed by atoms with E-state index in [1.165, 1.54) is 0 Å². The monoisotopic (exact) mass is 480 g/mol. The van der Waals surface area contributed by atoms with E-state index < -0.39 is 8.32 Å². The SMILES string of the molecule is C[C@H](CO[Si](C)(C)C(C)(C)C)c1nc(-c2nc(CI)cs2)cs1. The third kappa shape index (κ3) is 4.84. The number of nitrogens with zero attached hydrogens (tertiary/aromatic N) is 2. The van der Waals surface area contributed by atoms with Crippen molar-refractivity contribution in [3.8, 4) is 10.7 Å². The quantitative estimate of drug-likeness (QED) is 0.275. The summed E-state index contributed by atoms with van der Waals surface area (Å²) >= 11 is 5.73. The molecule has 0 N–H and O–H groups in total. The van der Waals surface area contributed by atoms with Gasteiger partial charge in [0.25, 0.3) is 0 Å². The summed E-state index contributed by atoms with van der Waals surface area (Å²) in [6.45, 7) is 14.4. The molecule has 2 aromatic heterocycles. The summed E-state index contributed by atoms with van der Waals surface area (Å²) < 4.78 is 7.28. The average molecular weight is 481 g/mol. The lowest BCUT2D eigenvalue weighted by Gasteiger charge is -2.36. The Kier molecular flexibility index (Phi) is 6.43. The van der Waals surface area contributed by atoms with E-state index in [4.69, 9.17) is 9.41 Å². The highest BCUT2D eigenvalue weighted by Crippen LogP contribution is 2.37. The number of thiazole rings is 2. The molecular formula is C16H25IN2OS2Si. The highest BCUT2D eigenvalue weighted by atomic mass is 127. The van der Waals surface area contributed by atoms with E-state index in [1.807, 2.05) is 0 Å². The van der Waals surface area contributed by atoms with Crippen LogP contribution < -0.4 is 0 Å². The van der Waals surface area contributed by atoms with Crippen molar-refractivity contribution in [3.63, 3.8) is 0 Å². The summed E-state index contributed by atoms with van der Waals surface area (Å²) in [5.41, 5.74) is 2.14. The fourth-order valence-corrected chi connectivity index (χ4v) is 5.21. The molecule has 7 heteroatoms. The first kappa shape index (κ1) is 19.5. The lowest BCUT2D eigenvalue weighted by Crippen LogP contribution is -2.41. The number of alkyl halides is 1. The molecule has 2 heterocycles. The Morgan fingerprint density at radius 1 is 1.22 bits per heavy atom. The summed E-state index contributed by atoms with van der Waals surface area (Å²) in [6, 6.07) is 0. The minimum Gasteiger partial charge on any atom is -0.416 e. The number of halogens is 1. The maximum atomic E-state index is 6.34. The van der Waals surface area contributed by atoms with Crippen LogP contribution in [0.25, 0.3) is 10.7 Å². The Morgan fingerprint density at radius 3 is 2.48 bits per heavy atom. The second kappa shape index (κ2) is 7.59. The molecule has 0 bridgehead atoms. The minimum atomic E-state index is -1.69. The molecular weight excluding hydrogens is 455 g/mol. The zero-order valence-electron chi connectivity index (χ0n) is 14.6. The number of aromatic nitrogens is 2. The number of rotatable bonds is 6. The number of hydrogen-bond donors (Lipinski definition) is 0. The van der Waals surface area contributed by atoms with Crippen molar-refractivity contribution < 1.29 is 4.43 Å². The molecule has 0 amide bonds. The van der Waals surface area contributed by atoms with Crippen LogP contribution >= 0.6 is 45.3 Å². The summed E-state index contributed by atoms with van der Waals surface area (Å²) in [5.74, 6) is 0.326. The van der Waals surface area contributed by atoms with Gasteiger partial charge < -0.3 is 4.43 Å². The van der Waals surface area contributed by atoms with Crippen molar-refractivity contribution in [1.82, 2.24) is 9.97 Å². The fourth-order valence-electron chi connectivity index (χ4n) is 1.72. The molecule has 0 aromatic carbocycles. The van der Waals surface area contributed by atoms with Crippen molar-refractivity contribution in [3.05, 3.63) is 21.5 Å². The van der Waals surface area contributed by atoms with Gasteiger partial charge in [0.2, 0.25) is 0 Å². The Hall–Kier alpha value is 0.167. The summed E-state index contributed by atoms with van der Waals surface area (Å²) in [6.07, 6.45) is 0. The highest BCUT2D eigenvalue weighted by Gasteiger charge is 2.37. The van der Waals surface area contributed by atoms with E-state index in [1.54, 1.807) is 22.7 Å². The van der Waals surface area contributed by atoms with Gasteiger partial charge in [-0.3, -0.25) is 0 Å². The molecule has 0 radical (unpaired) electrons. The highest BCUT2D eigenvalue weighted by molar-refractivity contribution is 14.1. The van der Waals surface area contributed by atoms with Gasteiger partial charge >= 0.3 is 0 Å². The standard InChI is InChI=1S/C16H25IN2OS2Si/c1-11(8-20-23(5,6)16(2,3)4)14-19-13(10-22-14)15-18-12(7-17)9-21-15/h9-11H,7-8H2,1-6H3/t11-/m1/s1. The fraction of sp³-hybridized carbons (Fsp3) is 0.625. The van der Waals surface area contributed by atoms with Gasteiger partial charge in [0.05, 0.1) is 10.7 Å². The van der Waals surface area contributed by atoms with E-state index in [9.17, 15) is 0 Å². The Labute approximate surface area is 162 Å². The van der Waals surface area contributed by atoms with E-state index in [2.05, 4.69) is 79.1 Å². The van der Waals surface area contributed by atoms with E-state index >= 15 is 0 Å². The van der Waals surface area contributed by atoms with Gasteiger partial charge in [0.1, 0.15) is 10.7 Å². The van der Waals surface area contributed by atoms with Gasteiger partial charge in [-0.25, -0.2) is 9.97 Å². The third-order valence-corrected chi connectivity index (χ3v) is 11.6. The molecule has 0 aliphatic heterocycles. The summed E-state index contributed by atoms with van der Waals surface area (Å²) in [7, 11) is -1.69. The van der Waals surface area contributed by atoms with Crippen molar-refractivity contribution >= 4 is 53.6 Å². The van der Waals surface area contributed by atoms with Crippen LogP contribution in [-0.2, 0) is 8.85 Å². The van der Waals surface area contributed by atoms with Crippen LogP contribution in [0.1, 0.15) is 44.3 Å². The van der Waals surface area contributed by atoms with Gasteiger partial charge in [-0.1, -0.05) is 50.3 Å². The van der Waals surface area contributed by atoms with Gasteiger partial charge in [0, 0.05) is 27.7 Å². The average Bonchev–Trinajstić information content (AvgIpc) is 3.11. The Morgan fingerprint density at radius 2 is 1.91 bits per heavy atom. The molecule has 1 atom stereocenters. The van der Waals surface area contributed by atoms with Crippen LogP contribution in [0.3, 0.4) is 0 Å². The van der Waals surface area contributed by atoms with Gasteiger partial charge in [-0.15, -0.1) is 22.7 Å². The predicted molar refractivity (Wildman–Crippen MR) is 113 cm³/mol. The van der Waals surface area contributed by atoms with E-state index in [0.29, 0.717) is 5.92 Å². The van der Waals surface area contributed by atoms with Crippen LogP contribution in [-0.4, -0.2) is 24.9 Å². The van der Waals surface area contributed by atoms with Gasteiger partial charge in [-0.2, -0.15) is 0 Å². The largest absolute Gasteiger partial charge is 0.416 e. The van der Waals surface area contributed by atoms with Gasteiger partial charge in [0.15, 0.2) is 8.32 Å². The first-order valence-electron chi connectivity index (χ1n) is 7.74. The van der Waals surface area contributed by atoms with Crippen molar-refractivity contribution in [2.24, 2.45) is 0 Å². The van der Waals surface area contributed by atoms with E-state index in [-0.39, 0.29) is 5.04 Å². The molecule has 3 nitrogen and oxygen atoms in total. The minimum absolute atomic E-state index is 0.248. The zero-order chi connectivity index (χ0) is 17.3. The summed E-state index contributed by atoms with van der Waals surface area (Å²) in [4.78, 5) is 9.41. The first-order chi connectivity index (χ1) is 10.6. The molecule has 0 fully saturated rings. The molecule has 2 rings (SSSR count). The molecule has 0 aliphatic rings. The van der Waals surface area contributed by atoms with Crippen molar-refractivity contribution in [2.75, 3.05) is 6.61 Å². The Bertz CT molecular complexity index is 649. The molecule has 0 spiro atoms. The molecule has 0 unspecified atom stereocenters. The van der Waals surface area contributed by atoms with Crippen LogP contribution in [0.4, 0.5) is 0 Å². The molecule has 0 saturated heterocycles. The molecule has 128 valence electrons. The maximum absolute atomic E-state index is 6.34. The summed E-state index contributed by atoms with van der Waals surface area (Å²) in [5, 5.41) is 6.65. The smallest absolute Gasteiger partial charge is 0.192 e. The molecule has 23 heavy (non-hydrogen) atoms. The third-order valence-electron chi connectivity index (χ3n) is 4.35. The predicted octanol–water partition coefficient (Wildman–Crippen LogP) is 6.33. The molecule has 0 saturated carbocycles. The molecule has 0 aliphatic carbocycles. The second-order valence-corrected chi connectivity index (χ2v) is 14.6. The maximum Gasteiger partial charge on any atom is 0.192 e. The van der Waals surface area contributed by atoms with Crippen molar-refractivity contribution in [1.29, 1.82) is 0 Å². The lowest BCUT2D eigenvalue weighted by molar-refractivity contribution is 0.269. The van der Waals surface area contributed by atoms with Crippen LogP contribution in [0, 0.1) is 0 Å². The van der Waals surface area contributed by atoms with Crippen LogP contribution in [0.5, 0.6) is 0 Å². The first-order valence-corrected chi connectivity index (χ1v) is 13.9. The zero-order valence-corrected chi connectivity index (χ0v) is 19.4. The van der Waals surface area contributed by atoms with Crippen LogP contribution in [0.15, 0.2) is 10.8 Å². The Balaban J connectivity index is 2.02. The van der Waals surface area contributed by atoms with Gasteiger partial charge in [-0.05, 0) is 18.1 Å². The topological polar surface area (TPSA) is 35.0 Å². The second-order valence-electron chi connectivity index (χ2n) is 7.32. The number of hydrogen-bond acceptors (Lipinski definition) is 5. The van der Waals surface area contributed by atoms with Crippen LogP contribution in [0.2, 0.25) is 18.1 Å². The normalized spacial score (nSPS) is 14.2. The lowest BCUT2D eigenvalue weighted by atomic mass is 10.2. The van der Waals surface area contributed by atoms with Crippen molar-refractivity contribution in [2.45, 2.75) is 56.2 Å². The van der Waals surface area contributed by atoms with E-state index in [0.717, 1.165) is 32.4 Å². The molecule has 2 aromatic rings.